The normalized spacial score (nSPS) is 16.2. The Labute approximate surface area is 106 Å². The van der Waals surface area contributed by atoms with Crippen LogP contribution in [-0.2, 0) is 6.42 Å². The van der Waals surface area contributed by atoms with E-state index in [0.29, 0.717) is 5.82 Å². The van der Waals surface area contributed by atoms with Crippen LogP contribution in [0, 0.1) is 5.92 Å². The molecule has 0 atom stereocenters. The summed E-state index contributed by atoms with van der Waals surface area (Å²) in [6.07, 6.45) is 9.29. The summed E-state index contributed by atoms with van der Waals surface area (Å²) in [5.74, 6) is 2.19. The summed E-state index contributed by atoms with van der Waals surface area (Å²) in [5.41, 5.74) is 0.772. The topological polar surface area (TPSA) is 51.8 Å². The minimum absolute atomic E-state index is 0.594. The van der Waals surface area contributed by atoms with Crippen LogP contribution < -0.4 is 0 Å². The molecule has 0 bridgehead atoms. The molecule has 1 saturated carbocycles. The Kier molecular flexibility index (Phi) is 3.35. The molecule has 0 unspecified atom stereocenters. The summed E-state index contributed by atoms with van der Waals surface area (Å²) in [6, 6.07) is 5.70. The molecule has 3 rings (SSSR count). The maximum atomic E-state index is 5.28. The molecule has 4 heteroatoms. The Morgan fingerprint density at radius 1 is 1.22 bits per heavy atom. The van der Waals surface area contributed by atoms with E-state index in [0.717, 1.165) is 23.9 Å². The molecular weight excluding hydrogens is 226 g/mol. The summed E-state index contributed by atoms with van der Waals surface area (Å²) in [4.78, 5) is 8.62. The maximum Gasteiger partial charge on any atom is 0.227 e. The Balaban J connectivity index is 1.63. The van der Waals surface area contributed by atoms with Crippen molar-refractivity contribution in [3.05, 3.63) is 30.3 Å². The van der Waals surface area contributed by atoms with Gasteiger partial charge in [0.2, 0.25) is 11.7 Å². The van der Waals surface area contributed by atoms with E-state index < -0.39 is 0 Å². The molecule has 1 aliphatic rings. The van der Waals surface area contributed by atoms with Gasteiger partial charge in [-0.3, -0.25) is 4.98 Å². The van der Waals surface area contributed by atoms with Crippen LogP contribution in [0.1, 0.15) is 38.0 Å². The monoisotopic (exact) mass is 243 g/mol. The van der Waals surface area contributed by atoms with Gasteiger partial charge in [0, 0.05) is 12.6 Å². The van der Waals surface area contributed by atoms with Gasteiger partial charge in [-0.05, 0) is 24.5 Å². The highest BCUT2D eigenvalue weighted by Gasteiger charge is 2.16. The molecule has 1 aliphatic carbocycles. The quantitative estimate of drug-likeness (QED) is 0.827. The van der Waals surface area contributed by atoms with Gasteiger partial charge in [0.25, 0.3) is 0 Å². The third-order valence-electron chi connectivity index (χ3n) is 3.60. The molecule has 0 saturated heterocycles. The summed E-state index contributed by atoms with van der Waals surface area (Å²) in [5, 5.41) is 3.98. The van der Waals surface area contributed by atoms with Crippen LogP contribution in [0.15, 0.2) is 28.9 Å². The van der Waals surface area contributed by atoms with Crippen molar-refractivity contribution in [2.75, 3.05) is 0 Å². The Morgan fingerprint density at radius 3 is 2.89 bits per heavy atom. The second-order valence-corrected chi connectivity index (χ2v) is 4.92. The van der Waals surface area contributed by atoms with Crippen molar-refractivity contribution in [1.29, 1.82) is 0 Å². The molecule has 2 aromatic heterocycles. The fourth-order valence-electron chi connectivity index (χ4n) is 2.58. The van der Waals surface area contributed by atoms with E-state index in [1.807, 2.05) is 18.2 Å². The Morgan fingerprint density at radius 2 is 2.11 bits per heavy atom. The Hall–Kier alpha value is -1.71. The molecular formula is C14H17N3O. The van der Waals surface area contributed by atoms with Gasteiger partial charge in [-0.1, -0.05) is 36.9 Å². The van der Waals surface area contributed by atoms with Gasteiger partial charge in [-0.2, -0.15) is 4.98 Å². The first-order valence-corrected chi connectivity index (χ1v) is 6.66. The molecule has 0 N–H and O–H groups in total. The van der Waals surface area contributed by atoms with Gasteiger partial charge in [-0.15, -0.1) is 0 Å². The SMILES string of the molecule is c1ccc(-c2noc(CCC3CCCC3)n2)nc1. The number of hydrogen-bond acceptors (Lipinski definition) is 4. The lowest BCUT2D eigenvalue weighted by Crippen LogP contribution is -1.96. The Bertz CT molecular complexity index is 489. The molecule has 4 nitrogen and oxygen atoms in total. The first kappa shape index (κ1) is 11.4. The van der Waals surface area contributed by atoms with Gasteiger partial charge in [-0.25, -0.2) is 0 Å². The highest BCUT2D eigenvalue weighted by atomic mass is 16.5. The standard InChI is InChI=1S/C14H17N3O/c1-2-6-11(5-1)8-9-13-16-14(17-18-13)12-7-3-4-10-15-12/h3-4,7,10-11H,1-2,5-6,8-9H2. The van der Waals surface area contributed by atoms with Crippen molar-refractivity contribution < 1.29 is 4.52 Å². The molecule has 0 aliphatic heterocycles. The van der Waals surface area contributed by atoms with Crippen molar-refractivity contribution in [1.82, 2.24) is 15.1 Å². The molecule has 94 valence electrons. The van der Waals surface area contributed by atoms with Crippen molar-refractivity contribution in [2.24, 2.45) is 5.92 Å². The smallest absolute Gasteiger partial charge is 0.227 e. The number of hydrogen-bond donors (Lipinski definition) is 0. The summed E-state index contributed by atoms with van der Waals surface area (Å²) in [7, 11) is 0. The van der Waals surface area contributed by atoms with Crippen molar-refractivity contribution >= 4 is 0 Å². The van der Waals surface area contributed by atoms with E-state index in [1.54, 1.807) is 6.20 Å². The maximum absolute atomic E-state index is 5.28. The molecule has 1 fully saturated rings. The average molecular weight is 243 g/mol. The van der Waals surface area contributed by atoms with E-state index >= 15 is 0 Å². The second-order valence-electron chi connectivity index (χ2n) is 4.92. The second kappa shape index (κ2) is 5.29. The van der Waals surface area contributed by atoms with Crippen LogP contribution in [-0.4, -0.2) is 15.1 Å². The van der Waals surface area contributed by atoms with E-state index in [9.17, 15) is 0 Å². The molecule has 18 heavy (non-hydrogen) atoms. The first-order chi connectivity index (χ1) is 8.92. The van der Waals surface area contributed by atoms with Crippen LogP contribution in [0.3, 0.4) is 0 Å². The third-order valence-corrected chi connectivity index (χ3v) is 3.60. The first-order valence-electron chi connectivity index (χ1n) is 6.66. The lowest BCUT2D eigenvalue weighted by Gasteiger charge is -2.04. The number of pyridine rings is 1. The summed E-state index contributed by atoms with van der Waals surface area (Å²) in [6.45, 7) is 0. The summed E-state index contributed by atoms with van der Waals surface area (Å²) < 4.78 is 5.28. The minimum atomic E-state index is 0.594. The lowest BCUT2D eigenvalue weighted by atomic mass is 10.0. The van der Waals surface area contributed by atoms with E-state index in [2.05, 4.69) is 15.1 Å². The molecule has 2 heterocycles. The van der Waals surface area contributed by atoms with Gasteiger partial charge in [0.05, 0.1) is 0 Å². The predicted molar refractivity (Wildman–Crippen MR) is 67.8 cm³/mol. The highest BCUT2D eigenvalue weighted by Crippen LogP contribution is 2.28. The largest absolute Gasteiger partial charge is 0.339 e. The minimum Gasteiger partial charge on any atom is -0.339 e. The van der Waals surface area contributed by atoms with Crippen molar-refractivity contribution in [3.8, 4) is 11.5 Å². The van der Waals surface area contributed by atoms with Crippen molar-refractivity contribution in [2.45, 2.75) is 38.5 Å². The lowest BCUT2D eigenvalue weighted by molar-refractivity contribution is 0.362. The van der Waals surface area contributed by atoms with Crippen LogP contribution in [0.25, 0.3) is 11.5 Å². The molecule has 2 aromatic rings. The fraction of sp³-hybridized carbons (Fsp3) is 0.500. The van der Waals surface area contributed by atoms with E-state index in [4.69, 9.17) is 4.52 Å². The van der Waals surface area contributed by atoms with E-state index in [-0.39, 0.29) is 0 Å². The van der Waals surface area contributed by atoms with Gasteiger partial charge >= 0.3 is 0 Å². The number of aryl methyl sites for hydroxylation is 1. The molecule has 0 radical (unpaired) electrons. The zero-order valence-corrected chi connectivity index (χ0v) is 10.4. The number of rotatable bonds is 4. The number of nitrogens with zero attached hydrogens (tertiary/aromatic N) is 3. The average Bonchev–Trinajstić information content (AvgIpc) is 3.09. The predicted octanol–water partition coefficient (Wildman–Crippen LogP) is 3.25. The van der Waals surface area contributed by atoms with Crippen LogP contribution in [0.5, 0.6) is 0 Å². The zero-order chi connectivity index (χ0) is 12.2. The molecule has 0 amide bonds. The van der Waals surface area contributed by atoms with Gasteiger partial charge < -0.3 is 4.52 Å². The van der Waals surface area contributed by atoms with Gasteiger partial charge in [0.15, 0.2) is 0 Å². The highest BCUT2D eigenvalue weighted by molar-refractivity contribution is 5.46. The third kappa shape index (κ3) is 2.58. The zero-order valence-electron chi connectivity index (χ0n) is 10.4. The van der Waals surface area contributed by atoms with Gasteiger partial charge in [0.1, 0.15) is 5.69 Å². The van der Waals surface area contributed by atoms with Crippen LogP contribution in [0.4, 0.5) is 0 Å². The molecule has 0 aromatic carbocycles. The van der Waals surface area contributed by atoms with Crippen molar-refractivity contribution in [3.63, 3.8) is 0 Å². The molecule has 0 spiro atoms. The van der Waals surface area contributed by atoms with Crippen LogP contribution in [0.2, 0.25) is 0 Å². The summed E-state index contributed by atoms with van der Waals surface area (Å²) >= 11 is 0. The number of aromatic nitrogens is 3. The van der Waals surface area contributed by atoms with Crippen LogP contribution >= 0.6 is 0 Å². The van der Waals surface area contributed by atoms with E-state index in [1.165, 1.54) is 32.1 Å². The fourth-order valence-corrected chi connectivity index (χ4v) is 2.58.